The van der Waals surface area contributed by atoms with Crippen LogP contribution in [-0.2, 0) is 27.4 Å². The number of carbonyl (C=O) groups is 1. The fraction of sp³-hybridized carbons (Fsp3) is 0.588. The maximum Gasteiger partial charge on any atom is 0.310 e. The molecule has 0 aromatic heterocycles. The zero-order valence-corrected chi connectivity index (χ0v) is 14.1. The summed E-state index contributed by atoms with van der Waals surface area (Å²) in [7, 11) is 0. The van der Waals surface area contributed by atoms with Crippen LogP contribution in [0.4, 0.5) is 0 Å². The Balaban J connectivity index is 1.71. The second kappa shape index (κ2) is 7.51. The number of hydrogen-bond acceptors (Lipinski definition) is 5. The first-order valence-electron chi connectivity index (χ1n) is 8.08. The molecule has 5 nitrogen and oxygen atoms in total. The van der Waals surface area contributed by atoms with Crippen molar-refractivity contribution < 1.29 is 19.0 Å². The van der Waals surface area contributed by atoms with Crippen LogP contribution in [-0.4, -0.2) is 37.4 Å². The van der Waals surface area contributed by atoms with E-state index in [1.165, 1.54) is 0 Å². The molecule has 0 N–H and O–H groups in total. The Morgan fingerprint density at radius 2 is 2.35 bits per heavy atom. The summed E-state index contributed by atoms with van der Waals surface area (Å²) >= 11 is 6.22. The molecule has 23 heavy (non-hydrogen) atoms. The van der Waals surface area contributed by atoms with E-state index < -0.39 is 0 Å². The number of halogens is 1. The lowest BCUT2D eigenvalue weighted by Crippen LogP contribution is -2.39. The lowest BCUT2D eigenvalue weighted by atomic mass is 9.97. The number of rotatable bonds is 4. The number of ether oxygens (including phenoxy) is 3. The Morgan fingerprint density at radius 1 is 1.48 bits per heavy atom. The van der Waals surface area contributed by atoms with Gasteiger partial charge >= 0.3 is 5.97 Å². The Kier molecular flexibility index (Phi) is 5.41. The summed E-state index contributed by atoms with van der Waals surface area (Å²) in [5, 5.41) is 0.687. The summed E-state index contributed by atoms with van der Waals surface area (Å²) < 4.78 is 16.1. The SMILES string of the molecule is CCOC(=O)C1CCCN(Cc2cc(Cl)cc3c2OCOC3)C1. The summed E-state index contributed by atoms with van der Waals surface area (Å²) in [6, 6.07) is 3.83. The maximum absolute atomic E-state index is 12.0. The van der Waals surface area contributed by atoms with Crippen molar-refractivity contribution in [2.24, 2.45) is 5.92 Å². The van der Waals surface area contributed by atoms with Crippen molar-refractivity contribution in [3.63, 3.8) is 0 Å². The minimum atomic E-state index is -0.0880. The van der Waals surface area contributed by atoms with E-state index in [2.05, 4.69) is 4.90 Å². The van der Waals surface area contributed by atoms with Crippen LogP contribution >= 0.6 is 11.6 Å². The van der Waals surface area contributed by atoms with Gasteiger partial charge in [0.05, 0.1) is 19.1 Å². The topological polar surface area (TPSA) is 48.0 Å². The molecule has 126 valence electrons. The second-order valence-electron chi connectivity index (χ2n) is 5.99. The number of esters is 1. The predicted molar refractivity (Wildman–Crippen MR) is 86.4 cm³/mol. The van der Waals surface area contributed by atoms with Crippen molar-refractivity contribution in [3.05, 3.63) is 28.3 Å². The quantitative estimate of drug-likeness (QED) is 0.789. The van der Waals surface area contributed by atoms with Crippen molar-refractivity contribution in [1.82, 2.24) is 4.90 Å². The second-order valence-corrected chi connectivity index (χ2v) is 6.43. The van der Waals surface area contributed by atoms with Crippen LogP contribution < -0.4 is 4.74 Å². The maximum atomic E-state index is 12.0. The molecule has 1 atom stereocenters. The van der Waals surface area contributed by atoms with E-state index in [0.717, 1.165) is 49.4 Å². The molecule has 2 aliphatic rings. The molecule has 2 heterocycles. The standard InChI is InChI=1S/C17H22ClNO4/c1-2-22-17(20)12-4-3-5-19(8-12)9-13-6-15(18)7-14-10-21-11-23-16(13)14/h6-7,12H,2-5,8-11H2,1H3. The highest BCUT2D eigenvalue weighted by Gasteiger charge is 2.28. The summed E-state index contributed by atoms with van der Waals surface area (Å²) in [6.45, 7) is 5.48. The normalized spacial score (nSPS) is 21.4. The smallest absolute Gasteiger partial charge is 0.310 e. The molecule has 1 saturated heterocycles. The molecule has 0 spiro atoms. The molecule has 0 bridgehead atoms. The Labute approximate surface area is 141 Å². The Bertz CT molecular complexity index is 578. The first-order chi connectivity index (χ1) is 11.2. The van der Waals surface area contributed by atoms with E-state index in [0.29, 0.717) is 18.2 Å². The lowest BCUT2D eigenvalue weighted by Gasteiger charge is -2.32. The largest absolute Gasteiger partial charge is 0.467 e. The van der Waals surface area contributed by atoms with Gasteiger partial charge < -0.3 is 14.2 Å². The third-order valence-corrected chi connectivity index (χ3v) is 4.49. The molecule has 6 heteroatoms. The highest BCUT2D eigenvalue weighted by atomic mass is 35.5. The first kappa shape index (κ1) is 16.6. The number of fused-ring (bicyclic) bond motifs is 1. The van der Waals surface area contributed by atoms with Crippen molar-refractivity contribution in [3.8, 4) is 5.75 Å². The van der Waals surface area contributed by atoms with Gasteiger partial charge in [-0.3, -0.25) is 9.69 Å². The van der Waals surface area contributed by atoms with Crippen LogP contribution in [0.3, 0.4) is 0 Å². The molecule has 1 aromatic rings. The minimum absolute atomic E-state index is 0.0389. The monoisotopic (exact) mass is 339 g/mol. The van der Waals surface area contributed by atoms with Gasteiger partial charge in [0.2, 0.25) is 0 Å². The minimum Gasteiger partial charge on any atom is -0.467 e. The number of nitrogens with zero attached hydrogens (tertiary/aromatic N) is 1. The average Bonchev–Trinajstić information content (AvgIpc) is 2.55. The van der Waals surface area contributed by atoms with E-state index in [4.69, 9.17) is 25.8 Å². The van der Waals surface area contributed by atoms with E-state index in [1.807, 2.05) is 19.1 Å². The number of carbonyl (C=O) groups excluding carboxylic acids is 1. The number of hydrogen-bond donors (Lipinski definition) is 0. The number of benzene rings is 1. The summed E-state index contributed by atoms with van der Waals surface area (Å²) in [4.78, 5) is 14.2. The van der Waals surface area contributed by atoms with Crippen LogP contribution in [0.2, 0.25) is 5.02 Å². The summed E-state index contributed by atoms with van der Waals surface area (Å²) in [5.41, 5.74) is 2.04. The molecule has 2 aliphatic heterocycles. The molecule has 0 amide bonds. The van der Waals surface area contributed by atoms with Gasteiger partial charge in [0.15, 0.2) is 6.79 Å². The van der Waals surface area contributed by atoms with Gasteiger partial charge in [0, 0.05) is 29.2 Å². The summed E-state index contributed by atoms with van der Waals surface area (Å²) in [6.07, 6.45) is 1.89. The van der Waals surface area contributed by atoms with Crippen LogP contribution in [0.5, 0.6) is 5.75 Å². The van der Waals surface area contributed by atoms with Crippen molar-refractivity contribution in [2.45, 2.75) is 32.9 Å². The molecule has 3 rings (SSSR count). The first-order valence-corrected chi connectivity index (χ1v) is 8.46. The van der Waals surface area contributed by atoms with Crippen LogP contribution in [0.1, 0.15) is 30.9 Å². The van der Waals surface area contributed by atoms with Gasteiger partial charge in [-0.1, -0.05) is 11.6 Å². The predicted octanol–water partition coefficient (Wildman–Crippen LogP) is 2.98. The van der Waals surface area contributed by atoms with Crippen LogP contribution in [0.15, 0.2) is 12.1 Å². The fourth-order valence-electron chi connectivity index (χ4n) is 3.27. The molecule has 1 aromatic carbocycles. The van der Waals surface area contributed by atoms with Gasteiger partial charge in [-0.25, -0.2) is 0 Å². The van der Waals surface area contributed by atoms with E-state index in [-0.39, 0.29) is 18.7 Å². The molecule has 0 aliphatic carbocycles. The Hall–Kier alpha value is -1.30. The van der Waals surface area contributed by atoms with Crippen LogP contribution in [0.25, 0.3) is 0 Å². The van der Waals surface area contributed by atoms with E-state index >= 15 is 0 Å². The molecular weight excluding hydrogens is 318 g/mol. The van der Waals surface area contributed by atoms with Crippen molar-refractivity contribution >= 4 is 17.6 Å². The summed E-state index contributed by atoms with van der Waals surface area (Å²) in [5.74, 6) is 0.747. The van der Waals surface area contributed by atoms with Gasteiger partial charge in [0.1, 0.15) is 5.75 Å². The number of piperidine rings is 1. The molecule has 1 fully saturated rings. The van der Waals surface area contributed by atoms with Gasteiger partial charge in [-0.2, -0.15) is 0 Å². The van der Waals surface area contributed by atoms with Crippen molar-refractivity contribution in [2.75, 3.05) is 26.5 Å². The third kappa shape index (κ3) is 3.97. The fourth-order valence-corrected chi connectivity index (χ4v) is 3.53. The molecule has 1 unspecified atom stereocenters. The average molecular weight is 340 g/mol. The highest BCUT2D eigenvalue weighted by molar-refractivity contribution is 6.30. The van der Waals surface area contributed by atoms with E-state index in [9.17, 15) is 4.79 Å². The zero-order chi connectivity index (χ0) is 16.2. The number of likely N-dealkylation sites (tertiary alicyclic amines) is 1. The highest BCUT2D eigenvalue weighted by Crippen LogP contribution is 2.33. The van der Waals surface area contributed by atoms with Gasteiger partial charge in [-0.05, 0) is 38.4 Å². The molecular formula is C17H22ClNO4. The third-order valence-electron chi connectivity index (χ3n) is 4.27. The lowest BCUT2D eigenvalue weighted by molar-refractivity contribution is -0.150. The molecule has 0 radical (unpaired) electrons. The van der Waals surface area contributed by atoms with Crippen molar-refractivity contribution in [1.29, 1.82) is 0 Å². The van der Waals surface area contributed by atoms with Gasteiger partial charge in [-0.15, -0.1) is 0 Å². The van der Waals surface area contributed by atoms with E-state index in [1.54, 1.807) is 0 Å². The molecule has 0 saturated carbocycles. The Morgan fingerprint density at radius 3 is 3.17 bits per heavy atom. The zero-order valence-electron chi connectivity index (χ0n) is 13.3. The van der Waals surface area contributed by atoms with Gasteiger partial charge in [0.25, 0.3) is 0 Å². The van der Waals surface area contributed by atoms with Crippen LogP contribution in [0, 0.1) is 5.92 Å².